The summed E-state index contributed by atoms with van der Waals surface area (Å²) in [5, 5.41) is 11.9. The minimum absolute atomic E-state index is 0.0605. The zero-order valence-electron chi connectivity index (χ0n) is 20.4. The van der Waals surface area contributed by atoms with Crippen LogP contribution in [0.4, 0.5) is 32.3 Å². The van der Waals surface area contributed by atoms with E-state index in [1.807, 2.05) is 29.2 Å². The number of nitrogens with one attached hydrogen (secondary N) is 1. The molecule has 39 heavy (non-hydrogen) atoms. The molecule has 4 rings (SSSR count). The summed E-state index contributed by atoms with van der Waals surface area (Å²) in [5.74, 6) is -0.515. The number of ether oxygens (including phenoxy) is 1. The molecule has 1 aromatic heterocycles. The van der Waals surface area contributed by atoms with E-state index < -0.39 is 29.4 Å². The molecule has 14 heteroatoms. The van der Waals surface area contributed by atoms with Gasteiger partial charge in [-0.15, -0.1) is 0 Å². The van der Waals surface area contributed by atoms with Gasteiger partial charge in [0.2, 0.25) is 5.95 Å². The van der Waals surface area contributed by atoms with E-state index in [4.69, 9.17) is 4.74 Å². The van der Waals surface area contributed by atoms with E-state index in [9.17, 15) is 36.2 Å². The van der Waals surface area contributed by atoms with Crippen molar-refractivity contribution in [3.05, 3.63) is 75.4 Å². The lowest BCUT2D eigenvalue weighted by Crippen LogP contribution is -2.37. The number of nitrogens with zero attached hydrogens (tertiary/aromatic N) is 3. The summed E-state index contributed by atoms with van der Waals surface area (Å²) >= 11 is 3.45. The van der Waals surface area contributed by atoms with Crippen molar-refractivity contribution in [1.29, 1.82) is 0 Å². The van der Waals surface area contributed by atoms with Gasteiger partial charge in [-0.25, -0.2) is 14.8 Å². The molecule has 0 saturated carbocycles. The summed E-state index contributed by atoms with van der Waals surface area (Å²) in [6, 6.07) is 8.93. The molecule has 1 aliphatic heterocycles. The molecule has 1 fully saturated rings. The summed E-state index contributed by atoms with van der Waals surface area (Å²) in [7, 11) is 1.44. The maximum absolute atomic E-state index is 12.4. The van der Waals surface area contributed by atoms with Crippen molar-refractivity contribution in [2.75, 3.05) is 38.3 Å². The molecule has 2 N–H and O–H groups in total. The summed E-state index contributed by atoms with van der Waals surface area (Å²) in [4.78, 5) is 22.2. The quantitative estimate of drug-likeness (QED) is 0.344. The van der Waals surface area contributed by atoms with Gasteiger partial charge in [-0.2, -0.15) is 26.3 Å². The highest BCUT2D eigenvalue weighted by Crippen LogP contribution is 2.36. The minimum atomic E-state index is -4.79. The lowest BCUT2D eigenvalue weighted by molar-refractivity contribution is -0.143. The number of alkyl halides is 6. The number of hydrogen-bond acceptors (Lipinski definition) is 6. The number of rotatable bonds is 5. The van der Waals surface area contributed by atoms with Crippen molar-refractivity contribution in [1.82, 2.24) is 15.3 Å². The van der Waals surface area contributed by atoms with E-state index >= 15 is 0 Å². The molecule has 0 radical (unpaired) electrons. The number of hydrogen-bond donors (Lipinski definition) is 2. The van der Waals surface area contributed by atoms with Gasteiger partial charge < -0.3 is 20.1 Å². The second-order valence-electron chi connectivity index (χ2n) is 8.26. The van der Waals surface area contributed by atoms with Gasteiger partial charge in [-0.1, -0.05) is 34.1 Å². The summed E-state index contributed by atoms with van der Waals surface area (Å²) in [6.07, 6.45) is -8.21. The van der Waals surface area contributed by atoms with Crippen molar-refractivity contribution in [2.45, 2.75) is 18.9 Å². The van der Waals surface area contributed by atoms with E-state index in [0.717, 1.165) is 10.0 Å². The van der Waals surface area contributed by atoms with Gasteiger partial charge in [0.25, 0.3) is 0 Å². The monoisotopic (exact) mass is 620 g/mol. The Bertz CT molecular complexity index is 1270. The molecule has 1 saturated heterocycles. The fourth-order valence-corrected chi connectivity index (χ4v) is 4.10. The van der Waals surface area contributed by atoms with Gasteiger partial charge in [-0.3, -0.25) is 0 Å². The van der Waals surface area contributed by atoms with Crippen LogP contribution in [-0.4, -0.2) is 54.4 Å². The van der Waals surface area contributed by atoms with Crippen molar-refractivity contribution in [2.24, 2.45) is 0 Å². The van der Waals surface area contributed by atoms with E-state index in [2.05, 4.69) is 31.2 Å². The normalized spacial score (nSPS) is 14.0. The number of morpholine rings is 1. The number of carbonyl (C=O) groups is 1. The van der Waals surface area contributed by atoms with E-state index in [-0.39, 0.29) is 23.7 Å². The first-order valence-electron chi connectivity index (χ1n) is 11.4. The SMILES string of the molecule is CNCc1cc(C(F)(F)F)cc(C(F)(F)F)c1.O=C(O)c1cnc(N2CCOCC2)nc1-c1ccccc1Br. The number of carboxylic acid groups (broad SMARTS) is 1. The average Bonchev–Trinajstić information content (AvgIpc) is 2.88. The highest BCUT2D eigenvalue weighted by Gasteiger charge is 2.36. The van der Waals surface area contributed by atoms with Gasteiger partial charge in [0.1, 0.15) is 5.56 Å². The largest absolute Gasteiger partial charge is 0.478 e. The highest BCUT2D eigenvalue weighted by molar-refractivity contribution is 9.10. The molecule has 3 aromatic rings. The third-order valence-corrected chi connectivity index (χ3v) is 6.15. The van der Waals surface area contributed by atoms with Crippen LogP contribution in [-0.2, 0) is 23.6 Å². The molecule has 1 aliphatic rings. The van der Waals surface area contributed by atoms with Gasteiger partial charge in [0.05, 0.1) is 30.0 Å². The molecule has 0 amide bonds. The molecule has 7 nitrogen and oxygen atoms in total. The van der Waals surface area contributed by atoms with Crippen LogP contribution in [0.3, 0.4) is 0 Å². The Morgan fingerprint density at radius 1 is 1.05 bits per heavy atom. The van der Waals surface area contributed by atoms with Crippen LogP contribution in [0.1, 0.15) is 27.0 Å². The Morgan fingerprint density at radius 2 is 1.64 bits per heavy atom. The molecule has 0 unspecified atom stereocenters. The number of anilines is 1. The van der Waals surface area contributed by atoms with Gasteiger partial charge in [0.15, 0.2) is 0 Å². The first-order valence-corrected chi connectivity index (χ1v) is 12.2. The lowest BCUT2D eigenvalue weighted by atomic mass is 10.0. The molecule has 0 spiro atoms. The molecule has 0 aliphatic carbocycles. The van der Waals surface area contributed by atoms with E-state index in [0.29, 0.717) is 50.1 Å². The number of aromatic nitrogens is 2. The van der Waals surface area contributed by atoms with Gasteiger partial charge in [-0.05, 0) is 36.9 Å². The molecule has 2 heterocycles. The molecular formula is C25H23BrF6N4O3. The molecule has 0 atom stereocenters. The van der Waals surface area contributed by atoms with E-state index in [1.165, 1.54) is 13.2 Å². The fourth-order valence-electron chi connectivity index (χ4n) is 3.63. The highest BCUT2D eigenvalue weighted by atomic mass is 79.9. The van der Waals surface area contributed by atoms with Gasteiger partial charge in [0, 0.05) is 35.9 Å². The summed E-state index contributed by atoms with van der Waals surface area (Å²) in [5.41, 5.74) is -1.41. The van der Waals surface area contributed by atoms with Crippen molar-refractivity contribution >= 4 is 27.8 Å². The van der Waals surface area contributed by atoms with E-state index in [1.54, 1.807) is 0 Å². The number of halogens is 7. The maximum Gasteiger partial charge on any atom is 0.416 e. The molecular weight excluding hydrogens is 598 g/mol. The third kappa shape index (κ3) is 8.13. The van der Waals surface area contributed by atoms with Crippen LogP contribution in [0.5, 0.6) is 0 Å². The fraction of sp³-hybridized carbons (Fsp3) is 0.320. The molecule has 2 aromatic carbocycles. The van der Waals surface area contributed by atoms with Crippen LogP contribution in [0.25, 0.3) is 11.3 Å². The Kier molecular flexibility index (Phi) is 9.91. The lowest BCUT2D eigenvalue weighted by Gasteiger charge is -2.27. The topological polar surface area (TPSA) is 87.6 Å². The smallest absolute Gasteiger partial charge is 0.416 e. The second-order valence-corrected chi connectivity index (χ2v) is 9.12. The van der Waals surface area contributed by atoms with Crippen molar-refractivity contribution in [3.63, 3.8) is 0 Å². The van der Waals surface area contributed by atoms with Crippen molar-refractivity contribution in [3.8, 4) is 11.3 Å². The van der Waals surface area contributed by atoms with Crippen LogP contribution in [0.15, 0.2) is 53.1 Å². The number of aromatic carboxylic acids is 1. The maximum atomic E-state index is 12.4. The Morgan fingerprint density at radius 3 is 2.15 bits per heavy atom. The third-order valence-electron chi connectivity index (χ3n) is 5.46. The number of benzene rings is 2. The predicted octanol–water partition coefficient (Wildman–Crippen LogP) is 5.88. The summed E-state index contributed by atoms with van der Waals surface area (Å²) < 4.78 is 80.4. The van der Waals surface area contributed by atoms with Crippen LogP contribution in [0.2, 0.25) is 0 Å². The molecule has 0 bridgehead atoms. The summed E-state index contributed by atoms with van der Waals surface area (Å²) in [6.45, 7) is 2.57. The standard InChI is InChI=1S/C15H14BrN3O3.C10H9F6N/c16-12-4-2-1-3-10(12)13-11(14(20)21)9-17-15(18-13)19-5-7-22-8-6-19;1-17-5-6-2-7(9(11,12)13)4-8(3-6)10(14,15)16/h1-4,9H,5-8H2,(H,20,21);2-4,17H,5H2,1H3. The Labute approximate surface area is 228 Å². The second kappa shape index (κ2) is 12.7. The minimum Gasteiger partial charge on any atom is -0.478 e. The zero-order chi connectivity index (χ0) is 28.8. The van der Waals surface area contributed by atoms with Crippen LogP contribution in [0, 0.1) is 0 Å². The number of carboxylic acids is 1. The molecule has 210 valence electrons. The van der Waals surface area contributed by atoms with Crippen LogP contribution < -0.4 is 10.2 Å². The Hall–Kier alpha value is -3.23. The predicted molar refractivity (Wildman–Crippen MR) is 134 cm³/mol. The Balaban J connectivity index is 0.000000224. The van der Waals surface area contributed by atoms with Gasteiger partial charge >= 0.3 is 18.3 Å². The van der Waals surface area contributed by atoms with Crippen molar-refractivity contribution < 1.29 is 41.0 Å². The first-order chi connectivity index (χ1) is 18.3. The zero-order valence-corrected chi connectivity index (χ0v) is 22.0. The average molecular weight is 621 g/mol. The van der Waals surface area contributed by atoms with Crippen LogP contribution >= 0.6 is 15.9 Å². The first kappa shape index (κ1) is 30.3.